The summed E-state index contributed by atoms with van der Waals surface area (Å²) in [5.74, 6) is 0.0464. The summed E-state index contributed by atoms with van der Waals surface area (Å²) in [5.41, 5.74) is 1.46. The molecule has 0 saturated carbocycles. The van der Waals surface area contributed by atoms with Crippen LogP contribution in [0.25, 0.3) is 21.9 Å². The van der Waals surface area contributed by atoms with Crippen molar-refractivity contribution in [3.05, 3.63) is 35.8 Å². The van der Waals surface area contributed by atoms with Gasteiger partial charge in [-0.1, -0.05) is 0 Å². The van der Waals surface area contributed by atoms with Crippen molar-refractivity contribution in [3.8, 4) is 12.1 Å². The molecule has 0 aliphatic heterocycles. The first-order valence-electron chi connectivity index (χ1n) is 4.57. The average Bonchev–Trinajstić information content (AvgIpc) is 2.87. The molecular formula is C12H4N2O2. The van der Waals surface area contributed by atoms with Crippen LogP contribution < -0.4 is 0 Å². The van der Waals surface area contributed by atoms with Gasteiger partial charge in [0.2, 0.25) is 5.76 Å². The maximum absolute atomic E-state index is 8.97. The zero-order chi connectivity index (χ0) is 11.1. The van der Waals surface area contributed by atoms with Crippen LogP contribution in [0, 0.1) is 22.7 Å². The Bertz CT molecular complexity index is 781. The third kappa shape index (κ3) is 0.958. The summed E-state index contributed by atoms with van der Waals surface area (Å²) in [4.78, 5) is 0. The Balaban J connectivity index is 2.54. The Morgan fingerprint density at radius 3 is 2.69 bits per heavy atom. The summed E-state index contributed by atoms with van der Waals surface area (Å²) in [5, 5.41) is 19.3. The molecule has 16 heavy (non-hydrogen) atoms. The molecule has 0 bridgehead atoms. The Hall–Kier alpha value is -2.72. The Morgan fingerprint density at radius 2 is 1.94 bits per heavy atom. The van der Waals surface area contributed by atoms with E-state index in [0.717, 1.165) is 5.39 Å². The quantitative estimate of drug-likeness (QED) is 0.569. The van der Waals surface area contributed by atoms with Crippen LogP contribution in [0.5, 0.6) is 0 Å². The molecule has 0 N–H and O–H groups in total. The van der Waals surface area contributed by atoms with E-state index in [0.29, 0.717) is 16.6 Å². The molecule has 3 rings (SSSR count). The predicted molar refractivity (Wildman–Crippen MR) is 55.4 cm³/mol. The molecule has 4 nitrogen and oxygen atoms in total. The minimum Gasteiger partial charge on any atom is -0.464 e. The van der Waals surface area contributed by atoms with Gasteiger partial charge >= 0.3 is 0 Å². The SMILES string of the molecule is N#Cc1oc2cc3ccoc3cc2c1C#N. The monoisotopic (exact) mass is 208 g/mol. The minimum absolute atomic E-state index is 0.0464. The number of fused-ring (bicyclic) bond motifs is 2. The topological polar surface area (TPSA) is 73.9 Å². The predicted octanol–water partition coefficient (Wildman–Crippen LogP) is 2.92. The van der Waals surface area contributed by atoms with Crippen LogP contribution >= 0.6 is 0 Å². The second kappa shape index (κ2) is 2.88. The summed E-state index contributed by atoms with van der Waals surface area (Å²) >= 11 is 0. The van der Waals surface area contributed by atoms with E-state index in [1.165, 1.54) is 0 Å². The van der Waals surface area contributed by atoms with Gasteiger partial charge in [0.15, 0.2) is 0 Å². The number of benzene rings is 1. The molecule has 2 aromatic heterocycles. The summed E-state index contributed by atoms with van der Waals surface area (Å²) in [7, 11) is 0. The molecule has 2 heterocycles. The first-order valence-corrected chi connectivity index (χ1v) is 4.57. The number of hydrogen-bond donors (Lipinski definition) is 0. The van der Waals surface area contributed by atoms with Crippen molar-refractivity contribution in [2.45, 2.75) is 0 Å². The Kier molecular flexibility index (Phi) is 1.55. The van der Waals surface area contributed by atoms with Gasteiger partial charge in [-0.05, 0) is 18.2 Å². The summed E-state index contributed by atoms with van der Waals surface area (Å²) < 4.78 is 10.5. The van der Waals surface area contributed by atoms with E-state index in [1.807, 2.05) is 12.1 Å². The molecule has 0 atom stereocenters. The normalized spacial score (nSPS) is 10.4. The molecule has 0 saturated heterocycles. The third-order valence-electron chi connectivity index (χ3n) is 2.48. The lowest BCUT2D eigenvalue weighted by Crippen LogP contribution is -1.74. The van der Waals surface area contributed by atoms with E-state index >= 15 is 0 Å². The smallest absolute Gasteiger partial charge is 0.222 e. The second-order valence-electron chi connectivity index (χ2n) is 3.34. The van der Waals surface area contributed by atoms with Gasteiger partial charge in [-0.15, -0.1) is 0 Å². The largest absolute Gasteiger partial charge is 0.464 e. The fourth-order valence-electron chi connectivity index (χ4n) is 1.74. The van der Waals surface area contributed by atoms with Crippen LogP contribution in [0.3, 0.4) is 0 Å². The number of hydrogen-bond acceptors (Lipinski definition) is 4. The van der Waals surface area contributed by atoms with Crippen LogP contribution in [0.4, 0.5) is 0 Å². The first kappa shape index (κ1) is 8.58. The van der Waals surface area contributed by atoms with Crippen LogP contribution in [-0.2, 0) is 0 Å². The van der Waals surface area contributed by atoms with Gasteiger partial charge in [0.25, 0.3) is 0 Å². The molecule has 0 radical (unpaired) electrons. The van der Waals surface area contributed by atoms with E-state index in [2.05, 4.69) is 0 Å². The van der Waals surface area contributed by atoms with Crippen molar-refractivity contribution in [2.75, 3.05) is 0 Å². The molecule has 0 unspecified atom stereocenters. The van der Waals surface area contributed by atoms with Crippen molar-refractivity contribution in [3.63, 3.8) is 0 Å². The van der Waals surface area contributed by atoms with Gasteiger partial charge in [0.05, 0.1) is 6.26 Å². The second-order valence-corrected chi connectivity index (χ2v) is 3.34. The van der Waals surface area contributed by atoms with Gasteiger partial charge in [-0.25, -0.2) is 0 Å². The molecular weight excluding hydrogens is 204 g/mol. The molecule has 3 aromatic rings. The van der Waals surface area contributed by atoms with Gasteiger partial charge in [-0.3, -0.25) is 0 Å². The van der Waals surface area contributed by atoms with Gasteiger partial charge < -0.3 is 8.83 Å². The van der Waals surface area contributed by atoms with Gasteiger partial charge in [-0.2, -0.15) is 10.5 Å². The van der Waals surface area contributed by atoms with E-state index in [9.17, 15) is 0 Å². The van der Waals surface area contributed by atoms with Crippen molar-refractivity contribution >= 4 is 21.9 Å². The summed E-state index contributed by atoms with van der Waals surface area (Å²) in [6, 6.07) is 9.11. The molecule has 4 heteroatoms. The lowest BCUT2D eigenvalue weighted by Gasteiger charge is -1.88. The maximum Gasteiger partial charge on any atom is 0.222 e. The third-order valence-corrected chi connectivity index (χ3v) is 2.48. The fraction of sp³-hybridized carbons (Fsp3) is 0. The minimum atomic E-state index is 0.0464. The molecule has 74 valence electrons. The highest BCUT2D eigenvalue weighted by Crippen LogP contribution is 2.29. The molecule has 0 spiro atoms. The van der Waals surface area contributed by atoms with Crippen LogP contribution in [-0.4, -0.2) is 0 Å². The number of nitrogens with zero attached hydrogens (tertiary/aromatic N) is 2. The van der Waals surface area contributed by atoms with E-state index in [-0.39, 0.29) is 11.3 Å². The maximum atomic E-state index is 8.97. The van der Waals surface area contributed by atoms with E-state index in [4.69, 9.17) is 19.4 Å². The van der Waals surface area contributed by atoms with Crippen LogP contribution in [0.2, 0.25) is 0 Å². The highest BCUT2D eigenvalue weighted by atomic mass is 16.3. The van der Waals surface area contributed by atoms with Crippen molar-refractivity contribution < 1.29 is 8.83 Å². The fourth-order valence-corrected chi connectivity index (χ4v) is 1.74. The molecule has 0 aliphatic carbocycles. The zero-order valence-corrected chi connectivity index (χ0v) is 8.02. The summed E-state index contributed by atoms with van der Waals surface area (Å²) in [6.45, 7) is 0. The molecule has 1 aromatic carbocycles. The molecule has 0 amide bonds. The lowest BCUT2D eigenvalue weighted by atomic mass is 10.1. The van der Waals surface area contributed by atoms with Crippen molar-refractivity contribution in [1.82, 2.24) is 0 Å². The van der Waals surface area contributed by atoms with E-state index < -0.39 is 0 Å². The van der Waals surface area contributed by atoms with Crippen molar-refractivity contribution in [2.24, 2.45) is 0 Å². The summed E-state index contributed by atoms with van der Waals surface area (Å²) in [6.07, 6.45) is 1.57. The zero-order valence-electron chi connectivity index (χ0n) is 8.02. The number of rotatable bonds is 0. The number of nitriles is 2. The lowest BCUT2D eigenvalue weighted by molar-refractivity contribution is 0.598. The standard InChI is InChI=1S/C12H4N2O2/c13-5-9-8-4-10-7(1-2-15-10)3-11(8)16-12(9)6-14/h1-4H. The molecule has 0 fully saturated rings. The van der Waals surface area contributed by atoms with Crippen molar-refractivity contribution in [1.29, 1.82) is 10.5 Å². The average molecular weight is 208 g/mol. The highest BCUT2D eigenvalue weighted by molar-refractivity contribution is 5.97. The number of furan rings is 2. The van der Waals surface area contributed by atoms with Crippen LogP contribution in [0.15, 0.2) is 33.3 Å². The Labute approximate surface area is 89.9 Å². The van der Waals surface area contributed by atoms with E-state index in [1.54, 1.807) is 24.5 Å². The highest BCUT2D eigenvalue weighted by Gasteiger charge is 2.14. The molecule has 0 aliphatic rings. The van der Waals surface area contributed by atoms with Gasteiger partial charge in [0.1, 0.15) is 28.9 Å². The van der Waals surface area contributed by atoms with Gasteiger partial charge in [0, 0.05) is 10.8 Å². The Morgan fingerprint density at radius 1 is 1.06 bits per heavy atom. The first-order chi connectivity index (χ1) is 7.83. The van der Waals surface area contributed by atoms with Crippen LogP contribution in [0.1, 0.15) is 11.3 Å².